The van der Waals surface area contributed by atoms with E-state index in [1.54, 1.807) is 13.3 Å². The average molecular weight is 405 g/mol. The maximum absolute atomic E-state index is 6.13. The fourth-order valence-electron chi connectivity index (χ4n) is 3.68. The molecule has 4 aromatic rings. The van der Waals surface area contributed by atoms with Gasteiger partial charge in [0.25, 0.3) is 5.89 Å². The highest BCUT2D eigenvalue weighted by Crippen LogP contribution is 2.36. The Morgan fingerprint density at radius 2 is 1.71 bits per heavy atom. The van der Waals surface area contributed by atoms with E-state index in [0.717, 1.165) is 38.9 Å². The van der Waals surface area contributed by atoms with Gasteiger partial charge in [-0.05, 0) is 36.4 Å². The van der Waals surface area contributed by atoms with E-state index in [-0.39, 0.29) is 0 Å². The molecule has 31 heavy (non-hydrogen) atoms. The summed E-state index contributed by atoms with van der Waals surface area (Å²) in [5, 5.41) is 10.5. The summed E-state index contributed by atoms with van der Waals surface area (Å²) < 4.78 is 11.4. The molecule has 0 fully saturated rings. The number of methoxy groups -OCH3 is 1. The number of aromatic nitrogens is 5. The molecule has 0 bridgehead atoms. The molecule has 0 spiro atoms. The molecule has 148 valence electrons. The molecule has 7 heteroatoms. The second kappa shape index (κ2) is 6.84. The van der Waals surface area contributed by atoms with Crippen molar-refractivity contribution in [3.8, 4) is 40.0 Å². The third-order valence-corrected chi connectivity index (χ3v) is 5.18. The summed E-state index contributed by atoms with van der Waals surface area (Å²) in [6.07, 6.45) is 1.73. The molecule has 0 atom stereocenters. The monoisotopic (exact) mass is 405 g/mol. The zero-order valence-electron chi connectivity index (χ0n) is 16.5. The van der Waals surface area contributed by atoms with E-state index in [2.05, 4.69) is 20.2 Å². The van der Waals surface area contributed by atoms with Crippen molar-refractivity contribution in [2.45, 2.75) is 0 Å². The number of pyridine rings is 2. The van der Waals surface area contributed by atoms with Gasteiger partial charge in [-0.1, -0.05) is 30.3 Å². The molecule has 0 saturated carbocycles. The fraction of sp³-hybridized carbons (Fsp3) is 0.0417. The van der Waals surface area contributed by atoms with Gasteiger partial charge in [0.15, 0.2) is 11.3 Å². The number of rotatable bonds is 3. The van der Waals surface area contributed by atoms with Crippen molar-refractivity contribution in [3.63, 3.8) is 0 Å². The van der Waals surface area contributed by atoms with E-state index >= 15 is 0 Å². The standard InChI is InChI=1S/C24H15N5O2/c1-30-16-9-10-19-17(13-16)21-24(26-19)31-23(29-28-21)18-12-15-8-5-11-25-22(15)27-20(18)14-6-3-2-4-7-14/h2-13H,1H3. The number of hydrogen-bond acceptors (Lipinski definition) is 7. The third kappa shape index (κ3) is 2.86. The van der Waals surface area contributed by atoms with Gasteiger partial charge in [-0.25, -0.2) is 15.0 Å². The minimum Gasteiger partial charge on any atom is -0.497 e. The highest BCUT2D eigenvalue weighted by Gasteiger charge is 2.22. The predicted molar refractivity (Wildman–Crippen MR) is 117 cm³/mol. The molecule has 0 radical (unpaired) electrons. The van der Waals surface area contributed by atoms with Crippen LogP contribution in [0.2, 0.25) is 0 Å². The van der Waals surface area contributed by atoms with Crippen LogP contribution in [0, 0.1) is 0 Å². The van der Waals surface area contributed by atoms with Gasteiger partial charge in [-0.3, -0.25) is 0 Å². The molecule has 2 aromatic carbocycles. The van der Waals surface area contributed by atoms with Crippen molar-refractivity contribution in [3.05, 3.63) is 72.9 Å². The summed E-state index contributed by atoms with van der Waals surface area (Å²) in [7, 11) is 1.63. The van der Waals surface area contributed by atoms with E-state index in [9.17, 15) is 0 Å². The summed E-state index contributed by atoms with van der Waals surface area (Å²) >= 11 is 0. The van der Waals surface area contributed by atoms with Gasteiger partial charge < -0.3 is 9.15 Å². The van der Waals surface area contributed by atoms with Crippen LogP contribution >= 0.6 is 0 Å². The molecule has 0 aliphatic carbocycles. The lowest BCUT2D eigenvalue weighted by Crippen LogP contribution is -1.97. The van der Waals surface area contributed by atoms with Gasteiger partial charge >= 0.3 is 0 Å². The normalized spacial score (nSPS) is 11.4. The van der Waals surface area contributed by atoms with Crippen molar-refractivity contribution in [1.82, 2.24) is 25.1 Å². The predicted octanol–water partition coefficient (Wildman–Crippen LogP) is 5.01. The van der Waals surface area contributed by atoms with Crippen LogP contribution < -0.4 is 4.74 Å². The molecule has 0 saturated heterocycles. The molecule has 2 aliphatic heterocycles. The zero-order chi connectivity index (χ0) is 20.8. The number of fused-ring (bicyclic) bond motifs is 4. The molecule has 4 heterocycles. The molecule has 2 aromatic heterocycles. The van der Waals surface area contributed by atoms with Crippen LogP contribution in [0.15, 0.2) is 77.3 Å². The Kier molecular flexibility index (Phi) is 3.86. The lowest BCUT2D eigenvalue weighted by Gasteiger charge is -2.09. The van der Waals surface area contributed by atoms with E-state index in [1.807, 2.05) is 66.7 Å². The van der Waals surface area contributed by atoms with Crippen molar-refractivity contribution in [2.24, 2.45) is 0 Å². The van der Waals surface area contributed by atoms with Crippen molar-refractivity contribution in [1.29, 1.82) is 0 Å². The minimum atomic E-state index is 0.347. The molecule has 0 amide bonds. The molecule has 2 aliphatic rings. The molecule has 6 rings (SSSR count). The molecular formula is C24H15N5O2. The van der Waals surface area contributed by atoms with Crippen LogP contribution in [-0.4, -0.2) is 32.3 Å². The Hall–Kier alpha value is -4.39. The van der Waals surface area contributed by atoms with Gasteiger partial charge in [0.2, 0.25) is 5.89 Å². The summed E-state index contributed by atoms with van der Waals surface area (Å²) in [6.45, 7) is 0. The highest BCUT2D eigenvalue weighted by molar-refractivity contribution is 5.95. The first-order valence-corrected chi connectivity index (χ1v) is 9.73. The number of nitrogens with zero attached hydrogens (tertiary/aromatic N) is 5. The van der Waals surface area contributed by atoms with Crippen LogP contribution in [-0.2, 0) is 0 Å². The Bertz CT molecular complexity index is 1530. The van der Waals surface area contributed by atoms with Crippen LogP contribution in [0.5, 0.6) is 5.75 Å². The van der Waals surface area contributed by atoms with Gasteiger partial charge in [-0.15, -0.1) is 10.2 Å². The maximum atomic E-state index is 6.13. The first-order chi connectivity index (χ1) is 15.3. The quantitative estimate of drug-likeness (QED) is 0.409. The van der Waals surface area contributed by atoms with Gasteiger partial charge in [0, 0.05) is 22.5 Å². The Morgan fingerprint density at radius 1 is 0.806 bits per heavy atom. The fourth-order valence-corrected chi connectivity index (χ4v) is 3.68. The Balaban J connectivity index is 1.60. The summed E-state index contributed by atoms with van der Waals surface area (Å²) in [6, 6.07) is 21.3. The van der Waals surface area contributed by atoms with Crippen LogP contribution in [0.4, 0.5) is 0 Å². The SMILES string of the molecule is COc1ccc2nc3oc(-c4cc5cccnc5nc4-c4ccccc4)nnc-3c2c1. The van der Waals surface area contributed by atoms with Crippen molar-refractivity contribution >= 4 is 21.9 Å². The smallest absolute Gasteiger partial charge is 0.250 e. The van der Waals surface area contributed by atoms with E-state index < -0.39 is 0 Å². The zero-order valence-corrected chi connectivity index (χ0v) is 16.5. The van der Waals surface area contributed by atoms with E-state index in [1.165, 1.54) is 0 Å². The lowest BCUT2D eigenvalue weighted by molar-refractivity contribution is 0.415. The number of benzene rings is 2. The molecule has 7 nitrogen and oxygen atoms in total. The minimum absolute atomic E-state index is 0.347. The van der Waals surface area contributed by atoms with Crippen molar-refractivity contribution < 1.29 is 9.15 Å². The second-order valence-corrected chi connectivity index (χ2v) is 7.06. The highest BCUT2D eigenvalue weighted by atomic mass is 16.5. The van der Waals surface area contributed by atoms with E-state index in [4.69, 9.17) is 14.1 Å². The summed E-state index contributed by atoms with van der Waals surface area (Å²) in [5.41, 5.74) is 4.41. The van der Waals surface area contributed by atoms with Gasteiger partial charge in [0.1, 0.15) is 5.75 Å². The van der Waals surface area contributed by atoms with Crippen molar-refractivity contribution in [2.75, 3.05) is 7.11 Å². The topological polar surface area (TPSA) is 86.8 Å². The first kappa shape index (κ1) is 17.5. The largest absolute Gasteiger partial charge is 0.497 e. The molecule has 0 unspecified atom stereocenters. The number of ether oxygens (including phenoxy) is 1. The summed E-state index contributed by atoms with van der Waals surface area (Å²) in [5.74, 6) is 1.49. The van der Waals surface area contributed by atoms with E-state index in [0.29, 0.717) is 23.1 Å². The number of hydrogen-bond donors (Lipinski definition) is 0. The van der Waals surface area contributed by atoms with Crippen LogP contribution in [0.25, 0.3) is 56.2 Å². The maximum Gasteiger partial charge on any atom is 0.250 e. The van der Waals surface area contributed by atoms with Crippen LogP contribution in [0.3, 0.4) is 0 Å². The first-order valence-electron chi connectivity index (χ1n) is 9.73. The Labute approximate surface area is 176 Å². The van der Waals surface area contributed by atoms with Crippen LogP contribution in [0.1, 0.15) is 0 Å². The lowest BCUT2D eigenvalue weighted by atomic mass is 10.0. The average Bonchev–Trinajstić information content (AvgIpc) is 3.20. The molecular weight excluding hydrogens is 390 g/mol. The van der Waals surface area contributed by atoms with Gasteiger partial charge in [-0.2, -0.15) is 0 Å². The second-order valence-electron chi connectivity index (χ2n) is 7.06. The Morgan fingerprint density at radius 3 is 2.58 bits per heavy atom. The molecule has 0 N–H and O–H groups in total. The van der Waals surface area contributed by atoms with Gasteiger partial charge in [0.05, 0.1) is 23.9 Å². The summed E-state index contributed by atoms with van der Waals surface area (Å²) in [4.78, 5) is 13.8. The third-order valence-electron chi connectivity index (χ3n) is 5.18.